The van der Waals surface area contributed by atoms with Crippen LogP contribution < -0.4 is 4.72 Å². The van der Waals surface area contributed by atoms with Crippen molar-refractivity contribution in [3.05, 3.63) is 65.5 Å². The first kappa shape index (κ1) is 14.6. The highest BCUT2D eigenvalue weighted by molar-refractivity contribution is 7.92. The van der Waals surface area contributed by atoms with E-state index >= 15 is 0 Å². The van der Waals surface area contributed by atoms with Crippen LogP contribution in [0, 0.1) is 0 Å². The van der Waals surface area contributed by atoms with Crippen molar-refractivity contribution in [3.8, 4) is 0 Å². The predicted molar refractivity (Wildman–Crippen MR) is 79.4 cm³/mol. The van der Waals surface area contributed by atoms with Gasteiger partial charge in [0.25, 0.3) is 0 Å². The highest BCUT2D eigenvalue weighted by atomic mass is 32.2. The van der Waals surface area contributed by atoms with Gasteiger partial charge in [-0.15, -0.1) is 0 Å². The number of hydrogen-bond donors (Lipinski definition) is 1. The molecule has 0 bridgehead atoms. The van der Waals surface area contributed by atoms with E-state index in [1.54, 1.807) is 18.6 Å². The average Bonchev–Trinajstić information content (AvgIpc) is 2.90. The van der Waals surface area contributed by atoms with Gasteiger partial charge in [-0.2, -0.15) is 0 Å². The zero-order chi connectivity index (χ0) is 14.4. The van der Waals surface area contributed by atoms with Crippen LogP contribution in [-0.4, -0.2) is 14.5 Å². The van der Waals surface area contributed by atoms with Crippen molar-refractivity contribution in [1.29, 1.82) is 0 Å². The largest absolute Gasteiger partial charge is 0.472 e. The molecule has 0 radical (unpaired) electrons. The summed E-state index contributed by atoms with van der Waals surface area (Å²) in [5.41, 5.74) is 1.81. The fourth-order valence-electron chi connectivity index (χ4n) is 1.86. The van der Waals surface area contributed by atoms with Crippen molar-refractivity contribution in [3.63, 3.8) is 0 Å². The molecule has 1 N–H and O–H groups in total. The van der Waals surface area contributed by atoms with Crippen LogP contribution in [0.3, 0.4) is 0 Å². The zero-order valence-electron chi connectivity index (χ0n) is 11.2. The Morgan fingerprint density at radius 1 is 1.25 bits per heavy atom. The SMILES string of the molecule is C[C@H](Cc1ccoc1)NS(=O)(=O)/C=C/c1ccccc1. The molecule has 20 heavy (non-hydrogen) atoms. The predicted octanol–water partition coefficient (Wildman–Crippen LogP) is 2.80. The third-order valence-electron chi connectivity index (χ3n) is 2.73. The minimum absolute atomic E-state index is 0.196. The number of sulfonamides is 1. The highest BCUT2D eigenvalue weighted by Gasteiger charge is 2.12. The minimum Gasteiger partial charge on any atom is -0.472 e. The first-order valence-corrected chi connectivity index (χ1v) is 7.86. The highest BCUT2D eigenvalue weighted by Crippen LogP contribution is 2.06. The van der Waals surface area contributed by atoms with Gasteiger partial charge in [-0.3, -0.25) is 0 Å². The molecule has 5 heteroatoms. The molecule has 0 saturated carbocycles. The summed E-state index contributed by atoms with van der Waals surface area (Å²) < 4.78 is 31.4. The molecule has 0 aliphatic carbocycles. The van der Waals surface area contributed by atoms with E-state index < -0.39 is 10.0 Å². The Bertz CT molecular complexity index is 646. The van der Waals surface area contributed by atoms with Crippen molar-refractivity contribution < 1.29 is 12.8 Å². The lowest BCUT2D eigenvalue weighted by molar-refractivity contribution is 0.553. The van der Waals surface area contributed by atoms with Crippen LogP contribution in [0.5, 0.6) is 0 Å². The minimum atomic E-state index is -3.44. The zero-order valence-corrected chi connectivity index (χ0v) is 12.0. The van der Waals surface area contributed by atoms with Crippen LogP contribution in [0.2, 0.25) is 0 Å². The second-order valence-electron chi connectivity index (χ2n) is 4.61. The van der Waals surface area contributed by atoms with Gasteiger partial charge in [-0.05, 0) is 36.6 Å². The number of benzene rings is 1. The van der Waals surface area contributed by atoms with E-state index in [-0.39, 0.29) is 6.04 Å². The van der Waals surface area contributed by atoms with Gasteiger partial charge in [0, 0.05) is 11.4 Å². The van der Waals surface area contributed by atoms with E-state index in [9.17, 15) is 8.42 Å². The van der Waals surface area contributed by atoms with Crippen molar-refractivity contribution in [2.75, 3.05) is 0 Å². The van der Waals surface area contributed by atoms with E-state index in [0.717, 1.165) is 11.1 Å². The number of nitrogens with one attached hydrogen (secondary N) is 1. The van der Waals surface area contributed by atoms with Crippen LogP contribution >= 0.6 is 0 Å². The molecule has 1 heterocycles. The summed E-state index contributed by atoms with van der Waals surface area (Å²) in [6.07, 6.45) is 5.36. The van der Waals surface area contributed by atoms with Crippen LogP contribution in [0.4, 0.5) is 0 Å². The van der Waals surface area contributed by atoms with E-state index in [2.05, 4.69) is 4.72 Å². The lowest BCUT2D eigenvalue weighted by Crippen LogP contribution is -2.32. The van der Waals surface area contributed by atoms with Gasteiger partial charge in [0.05, 0.1) is 12.5 Å². The molecule has 0 aliphatic heterocycles. The molecule has 0 unspecified atom stereocenters. The monoisotopic (exact) mass is 291 g/mol. The topological polar surface area (TPSA) is 59.3 Å². The smallest absolute Gasteiger partial charge is 0.233 e. The molecule has 2 rings (SSSR count). The van der Waals surface area contributed by atoms with Gasteiger partial charge in [-0.1, -0.05) is 30.3 Å². The third-order valence-corrected chi connectivity index (χ3v) is 3.95. The normalized spacial score (nSPS) is 13.7. The van der Waals surface area contributed by atoms with Crippen molar-refractivity contribution >= 4 is 16.1 Å². The molecule has 4 nitrogen and oxygen atoms in total. The van der Waals surface area contributed by atoms with Gasteiger partial charge in [0.1, 0.15) is 0 Å². The molecule has 0 amide bonds. The van der Waals surface area contributed by atoms with E-state index in [0.29, 0.717) is 6.42 Å². The molecule has 106 valence electrons. The summed E-state index contributed by atoms with van der Waals surface area (Å²) in [5.74, 6) is 0. The molecule has 1 aromatic heterocycles. The Kier molecular flexibility index (Phi) is 4.76. The van der Waals surface area contributed by atoms with Crippen molar-refractivity contribution in [2.45, 2.75) is 19.4 Å². The van der Waals surface area contributed by atoms with Crippen LogP contribution in [0.15, 0.2) is 58.7 Å². The molecule has 0 saturated heterocycles. The van der Waals surface area contributed by atoms with Gasteiger partial charge in [0.2, 0.25) is 10.0 Å². The van der Waals surface area contributed by atoms with Crippen LogP contribution in [-0.2, 0) is 16.4 Å². The Balaban J connectivity index is 1.95. The molecule has 1 atom stereocenters. The molecule has 0 aliphatic rings. The Morgan fingerprint density at radius 2 is 2.00 bits per heavy atom. The van der Waals surface area contributed by atoms with Crippen molar-refractivity contribution in [1.82, 2.24) is 4.72 Å². The Hall–Kier alpha value is -1.85. The van der Waals surface area contributed by atoms with Crippen LogP contribution in [0.1, 0.15) is 18.1 Å². The van der Waals surface area contributed by atoms with Crippen molar-refractivity contribution in [2.24, 2.45) is 0 Å². The number of rotatable bonds is 6. The fraction of sp³-hybridized carbons (Fsp3) is 0.200. The third kappa shape index (κ3) is 4.68. The van der Waals surface area contributed by atoms with Gasteiger partial charge in [0.15, 0.2) is 0 Å². The summed E-state index contributed by atoms with van der Waals surface area (Å²) in [6, 6.07) is 10.9. The molecule has 0 fully saturated rings. The molecular formula is C15H17NO3S. The standard InChI is InChI=1S/C15H17NO3S/c1-13(11-15-7-9-19-12-15)16-20(17,18)10-8-14-5-3-2-4-6-14/h2-10,12-13,16H,11H2,1H3/b10-8+/t13-/m1/s1. The van der Waals surface area contributed by atoms with Crippen LogP contribution in [0.25, 0.3) is 6.08 Å². The van der Waals surface area contributed by atoms with E-state index in [1.807, 2.05) is 43.3 Å². The number of furan rings is 1. The maximum Gasteiger partial charge on any atom is 0.233 e. The second-order valence-corrected chi connectivity index (χ2v) is 6.21. The first-order chi connectivity index (χ1) is 9.55. The maximum absolute atomic E-state index is 11.9. The Labute approximate surface area is 119 Å². The van der Waals surface area contributed by atoms with E-state index in [4.69, 9.17) is 4.42 Å². The first-order valence-electron chi connectivity index (χ1n) is 6.32. The fourth-order valence-corrected chi connectivity index (χ4v) is 2.92. The van der Waals surface area contributed by atoms with E-state index in [1.165, 1.54) is 5.41 Å². The molecular weight excluding hydrogens is 274 g/mol. The molecule has 2 aromatic rings. The lowest BCUT2D eigenvalue weighted by atomic mass is 10.1. The van der Waals surface area contributed by atoms with Gasteiger partial charge in [-0.25, -0.2) is 13.1 Å². The number of hydrogen-bond acceptors (Lipinski definition) is 3. The summed E-state index contributed by atoms with van der Waals surface area (Å²) in [7, 11) is -3.44. The molecule has 1 aromatic carbocycles. The Morgan fingerprint density at radius 3 is 2.65 bits per heavy atom. The maximum atomic E-state index is 11.9. The van der Waals surface area contributed by atoms with Gasteiger partial charge >= 0.3 is 0 Å². The summed E-state index contributed by atoms with van der Waals surface area (Å²) in [4.78, 5) is 0. The second kappa shape index (κ2) is 6.54. The average molecular weight is 291 g/mol. The van der Waals surface area contributed by atoms with Gasteiger partial charge < -0.3 is 4.42 Å². The quantitative estimate of drug-likeness (QED) is 0.890. The molecule has 0 spiro atoms. The lowest BCUT2D eigenvalue weighted by Gasteiger charge is -2.10. The summed E-state index contributed by atoms with van der Waals surface area (Å²) in [6.45, 7) is 1.82. The summed E-state index contributed by atoms with van der Waals surface area (Å²) in [5, 5.41) is 1.19. The summed E-state index contributed by atoms with van der Waals surface area (Å²) >= 11 is 0.